The number of hydrogen-bond acceptors (Lipinski definition) is 6. The Kier molecular flexibility index (Phi) is 7.49. The van der Waals surface area contributed by atoms with Gasteiger partial charge in [-0.15, -0.1) is 0 Å². The van der Waals surface area contributed by atoms with Crippen LogP contribution in [0.2, 0.25) is 0 Å². The molecule has 2 amide bonds. The van der Waals surface area contributed by atoms with Gasteiger partial charge in [0, 0.05) is 16.8 Å². The number of hydrogen-bond donors (Lipinski definition) is 3. The second-order valence-corrected chi connectivity index (χ2v) is 8.02. The Balaban J connectivity index is 1.49. The molecule has 3 N–H and O–H groups in total. The van der Waals surface area contributed by atoms with Crippen LogP contribution in [0.1, 0.15) is 31.1 Å². The van der Waals surface area contributed by atoms with Crippen molar-refractivity contribution in [3.05, 3.63) is 108 Å². The second kappa shape index (κ2) is 11.1. The Labute approximate surface area is 213 Å². The summed E-state index contributed by atoms with van der Waals surface area (Å²) in [5.41, 5.74) is 3.57. The molecule has 0 aromatic heterocycles. The van der Waals surface area contributed by atoms with E-state index in [1.54, 1.807) is 72.8 Å². The number of amides is 2. The number of anilines is 2. The number of benzene rings is 4. The molecule has 0 unspecified atom stereocenters. The maximum absolute atomic E-state index is 12.9. The number of methoxy groups -OCH3 is 2. The Morgan fingerprint density at radius 3 is 1.95 bits per heavy atom. The maximum atomic E-state index is 12.9. The van der Waals surface area contributed by atoms with Gasteiger partial charge in [0.25, 0.3) is 11.8 Å². The van der Waals surface area contributed by atoms with Crippen LogP contribution in [-0.2, 0) is 4.74 Å². The van der Waals surface area contributed by atoms with Gasteiger partial charge in [-0.3, -0.25) is 9.59 Å². The largest absolute Gasteiger partial charge is 0.508 e. The van der Waals surface area contributed by atoms with Crippen molar-refractivity contribution >= 4 is 29.2 Å². The van der Waals surface area contributed by atoms with Crippen molar-refractivity contribution in [3.8, 4) is 22.6 Å². The van der Waals surface area contributed by atoms with E-state index in [1.165, 1.54) is 20.3 Å². The standard InChI is InChI=1S/C29H24N2O6/c1-36-26-15-12-23(30-28(34)21-4-3-5-22(16-21)29(35)37-2)17-25(26)31-27(33)20-8-6-18(7-9-20)19-10-13-24(32)14-11-19/h3-17,32H,1-2H3,(H,30,34)(H,31,33). The fourth-order valence-electron chi connectivity index (χ4n) is 3.65. The van der Waals surface area contributed by atoms with Crippen molar-refractivity contribution in [1.82, 2.24) is 0 Å². The second-order valence-electron chi connectivity index (χ2n) is 8.02. The maximum Gasteiger partial charge on any atom is 0.337 e. The summed E-state index contributed by atoms with van der Waals surface area (Å²) < 4.78 is 10.1. The number of nitrogens with one attached hydrogen (secondary N) is 2. The van der Waals surface area contributed by atoms with E-state index in [4.69, 9.17) is 9.47 Å². The third-order valence-corrected chi connectivity index (χ3v) is 5.60. The number of esters is 1. The predicted molar refractivity (Wildman–Crippen MR) is 140 cm³/mol. The highest BCUT2D eigenvalue weighted by molar-refractivity contribution is 6.08. The topological polar surface area (TPSA) is 114 Å². The van der Waals surface area contributed by atoms with E-state index in [0.29, 0.717) is 22.7 Å². The zero-order valence-corrected chi connectivity index (χ0v) is 20.1. The third-order valence-electron chi connectivity index (χ3n) is 5.60. The number of rotatable bonds is 7. The summed E-state index contributed by atoms with van der Waals surface area (Å²) in [4.78, 5) is 37.5. The molecule has 0 fully saturated rings. The quantitative estimate of drug-likeness (QED) is 0.297. The van der Waals surface area contributed by atoms with Crippen molar-refractivity contribution < 1.29 is 29.0 Å². The number of carbonyl (C=O) groups is 3. The Morgan fingerprint density at radius 1 is 0.676 bits per heavy atom. The van der Waals surface area contributed by atoms with Gasteiger partial charge in [-0.25, -0.2) is 4.79 Å². The van der Waals surface area contributed by atoms with Gasteiger partial charge in [0.1, 0.15) is 11.5 Å². The summed E-state index contributed by atoms with van der Waals surface area (Å²) in [7, 11) is 2.75. The lowest BCUT2D eigenvalue weighted by molar-refractivity contribution is 0.0600. The summed E-state index contributed by atoms with van der Waals surface area (Å²) in [5.74, 6) is -0.732. The molecule has 0 saturated heterocycles. The first-order valence-electron chi connectivity index (χ1n) is 11.3. The van der Waals surface area contributed by atoms with Crippen molar-refractivity contribution in [2.75, 3.05) is 24.9 Å². The number of phenolic OH excluding ortho intramolecular Hbond substituents is 1. The molecule has 0 spiro atoms. The molecule has 4 rings (SSSR count). The van der Waals surface area contributed by atoms with Gasteiger partial charge in [-0.05, 0) is 71.8 Å². The molecule has 8 nitrogen and oxygen atoms in total. The lowest BCUT2D eigenvalue weighted by atomic mass is 10.0. The highest BCUT2D eigenvalue weighted by atomic mass is 16.5. The molecule has 186 valence electrons. The summed E-state index contributed by atoms with van der Waals surface area (Å²) in [6.45, 7) is 0. The van der Waals surface area contributed by atoms with Crippen molar-refractivity contribution in [3.63, 3.8) is 0 Å². The van der Waals surface area contributed by atoms with E-state index in [9.17, 15) is 19.5 Å². The minimum Gasteiger partial charge on any atom is -0.508 e. The zero-order chi connectivity index (χ0) is 26.4. The van der Waals surface area contributed by atoms with Gasteiger partial charge in [0.2, 0.25) is 0 Å². The van der Waals surface area contributed by atoms with Crippen LogP contribution in [0, 0.1) is 0 Å². The van der Waals surface area contributed by atoms with E-state index in [2.05, 4.69) is 10.6 Å². The molecule has 4 aromatic rings. The summed E-state index contributed by atoms with van der Waals surface area (Å²) in [6.07, 6.45) is 0. The molecule has 8 heteroatoms. The van der Waals surface area contributed by atoms with Gasteiger partial charge >= 0.3 is 5.97 Å². The number of ether oxygens (including phenoxy) is 2. The van der Waals surface area contributed by atoms with Gasteiger partial charge in [0.05, 0.1) is 25.5 Å². The normalized spacial score (nSPS) is 10.3. The van der Waals surface area contributed by atoms with Crippen LogP contribution in [0.15, 0.2) is 91.0 Å². The van der Waals surface area contributed by atoms with E-state index >= 15 is 0 Å². The molecule has 0 radical (unpaired) electrons. The van der Waals surface area contributed by atoms with Crippen LogP contribution in [-0.4, -0.2) is 37.1 Å². The molecule has 0 aliphatic carbocycles. The first-order chi connectivity index (χ1) is 17.9. The molecule has 4 aromatic carbocycles. The van der Waals surface area contributed by atoms with Crippen LogP contribution < -0.4 is 15.4 Å². The van der Waals surface area contributed by atoms with Crippen LogP contribution >= 0.6 is 0 Å². The van der Waals surface area contributed by atoms with Crippen molar-refractivity contribution in [2.24, 2.45) is 0 Å². The molecule has 0 aliphatic heterocycles. The fourth-order valence-corrected chi connectivity index (χ4v) is 3.65. The van der Waals surface area contributed by atoms with Crippen LogP contribution in [0.25, 0.3) is 11.1 Å². The molecule has 0 aliphatic rings. The summed E-state index contributed by atoms with van der Waals surface area (Å²) in [5, 5.41) is 15.0. The lowest BCUT2D eigenvalue weighted by Gasteiger charge is -2.13. The molecular formula is C29H24N2O6. The minimum absolute atomic E-state index is 0.182. The van der Waals surface area contributed by atoms with Crippen molar-refractivity contribution in [1.29, 1.82) is 0 Å². The fraction of sp³-hybridized carbons (Fsp3) is 0.0690. The van der Waals surface area contributed by atoms with Gasteiger partial charge in [0.15, 0.2) is 0 Å². The minimum atomic E-state index is -0.541. The monoisotopic (exact) mass is 496 g/mol. The third kappa shape index (κ3) is 5.94. The van der Waals surface area contributed by atoms with Crippen LogP contribution in [0.5, 0.6) is 11.5 Å². The Morgan fingerprint density at radius 2 is 1.30 bits per heavy atom. The molecule has 0 atom stereocenters. The number of phenols is 1. The summed E-state index contributed by atoms with van der Waals surface area (Å²) >= 11 is 0. The average molecular weight is 497 g/mol. The highest BCUT2D eigenvalue weighted by Gasteiger charge is 2.14. The van der Waals surface area contributed by atoms with E-state index < -0.39 is 11.9 Å². The molecular weight excluding hydrogens is 472 g/mol. The first kappa shape index (κ1) is 25.0. The van der Waals surface area contributed by atoms with Crippen LogP contribution in [0.4, 0.5) is 11.4 Å². The zero-order valence-electron chi connectivity index (χ0n) is 20.1. The van der Waals surface area contributed by atoms with Gasteiger partial charge in [-0.1, -0.05) is 30.3 Å². The lowest BCUT2D eigenvalue weighted by Crippen LogP contribution is -2.15. The number of aromatic hydroxyl groups is 1. The Bertz CT molecular complexity index is 1450. The predicted octanol–water partition coefficient (Wildman–Crippen LogP) is 5.36. The van der Waals surface area contributed by atoms with Crippen molar-refractivity contribution in [2.45, 2.75) is 0 Å². The van der Waals surface area contributed by atoms with E-state index in [-0.39, 0.29) is 22.8 Å². The molecule has 37 heavy (non-hydrogen) atoms. The van der Waals surface area contributed by atoms with E-state index in [1.807, 2.05) is 12.1 Å². The molecule has 0 heterocycles. The Hall–Kier alpha value is -5.11. The van der Waals surface area contributed by atoms with Gasteiger partial charge < -0.3 is 25.2 Å². The van der Waals surface area contributed by atoms with Gasteiger partial charge in [-0.2, -0.15) is 0 Å². The summed E-state index contributed by atoms with van der Waals surface area (Å²) in [6, 6.07) is 24.8. The molecule has 0 saturated carbocycles. The smallest absolute Gasteiger partial charge is 0.337 e. The highest BCUT2D eigenvalue weighted by Crippen LogP contribution is 2.29. The van der Waals surface area contributed by atoms with E-state index in [0.717, 1.165) is 11.1 Å². The SMILES string of the molecule is COC(=O)c1cccc(C(=O)Nc2ccc(OC)c(NC(=O)c3ccc(-c4ccc(O)cc4)cc3)c2)c1. The number of carbonyl (C=O) groups excluding carboxylic acids is 3. The van der Waals surface area contributed by atoms with Crippen LogP contribution in [0.3, 0.4) is 0 Å². The first-order valence-corrected chi connectivity index (χ1v) is 11.3. The molecule has 0 bridgehead atoms. The average Bonchev–Trinajstić information content (AvgIpc) is 2.93.